The Morgan fingerprint density at radius 2 is 1.64 bits per heavy atom. The van der Waals surface area contributed by atoms with E-state index in [4.69, 9.17) is 14.2 Å². The molecule has 0 aromatic heterocycles. The van der Waals surface area contributed by atoms with Crippen LogP contribution in [0, 0.1) is 0 Å². The van der Waals surface area contributed by atoms with Crippen LogP contribution in [0.5, 0.6) is 17.2 Å². The smallest absolute Gasteiger partial charge is 0.256 e. The Bertz CT molecular complexity index is 860. The van der Waals surface area contributed by atoms with Crippen molar-refractivity contribution in [2.45, 2.75) is 0 Å². The lowest BCUT2D eigenvalue weighted by Gasteiger charge is -2.13. The number of ketones is 1. The highest BCUT2D eigenvalue weighted by molar-refractivity contribution is 6.35. The molecule has 0 unspecified atom stereocenters. The van der Waals surface area contributed by atoms with E-state index in [1.54, 1.807) is 24.3 Å². The van der Waals surface area contributed by atoms with Gasteiger partial charge in [-0.1, -0.05) is 18.2 Å². The van der Waals surface area contributed by atoms with Gasteiger partial charge in [-0.2, -0.15) is 0 Å². The third-order valence-corrected chi connectivity index (χ3v) is 3.93. The Morgan fingerprint density at radius 3 is 2.24 bits per heavy atom. The summed E-state index contributed by atoms with van der Waals surface area (Å²) in [5.74, 6) is 0.515. The van der Waals surface area contributed by atoms with Crippen molar-refractivity contribution in [1.29, 1.82) is 0 Å². The second kappa shape index (κ2) is 6.68. The minimum atomic E-state index is -0.332. The molecule has 6 heteroatoms. The number of fused-ring (bicyclic) bond motifs is 1. The Morgan fingerprint density at radius 1 is 1.00 bits per heavy atom. The summed E-state index contributed by atoms with van der Waals surface area (Å²) in [6.07, 6.45) is 1.32. The predicted octanol–water partition coefficient (Wildman–Crippen LogP) is 2.93. The quantitative estimate of drug-likeness (QED) is 0.670. The summed E-state index contributed by atoms with van der Waals surface area (Å²) < 4.78 is 15.8. The number of methoxy groups -OCH3 is 3. The summed E-state index contributed by atoms with van der Waals surface area (Å²) >= 11 is 0. The van der Waals surface area contributed by atoms with Crippen LogP contribution in [0.2, 0.25) is 0 Å². The molecule has 0 bridgehead atoms. The number of ether oxygens (including phenoxy) is 3. The topological polar surface area (TPSA) is 73.9 Å². The number of amides is 1. The molecule has 1 aliphatic heterocycles. The maximum absolute atomic E-state index is 12.7. The van der Waals surface area contributed by atoms with Crippen LogP contribution >= 0.6 is 0 Å². The SMILES string of the molecule is COc1cc(C(=O)/C=C2/C(=O)Nc3ccccc32)cc(OC)c1OC. The molecule has 0 radical (unpaired) electrons. The van der Waals surface area contributed by atoms with Crippen molar-refractivity contribution < 1.29 is 23.8 Å². The summed E-state index contributed by atoms with van der Waals surface area (Å²) in [7, 11) is 4.44. The zero-order chi connectivity index (χ0) is 18.0. The van der Waals surface area contributed by atoms with E-state index >= 15 is 0 Å². The van der Waals surface area contributed by atoms with Gasteiger partial charge in [0.2, 0.25) is 5.75 Å². The first-order valence-electron chi connectivity index (χ1n) is 7.55. The molecule has 25 heavy (non-hydrogen) atoms. The third kappa shape index (κ3) is 2.94. The van der Waals surface area contributed by atoms with E-state index in [1.165, 1.54) is 27.4 Å². The van der Waals surface area contributed by atoms with Crippen LogP contribution in [0.1, 0.15) is 15.9 Å². The van der Waals surface area contributed by atoms with Crippen LogP contribution in [0.3, 0.4) is 0 Å². The van der Waals surface area contributed by atoms with E-state index in [0.29, 0.717) is 39.6 Å². The number of allylic oxidation sites excluding steroid dienone is 1. The van der Waals surface area contributed by atoms with E-state index in [0.717, 1.165) is 0 Å². The lowest BCUT2D eigenvalue weighted by Crippen LogP contribution is -2.06. The van der Waals surface area contributed by atoms with Gasteiger partial charge in [-0.15, -0.1) is 0 Å². The van der Waals surface area contributed by atoms with Crippen LogP contribution in [0.25, 0.3) is 5.57 Å². The molecule has 0 fully saturated rings. The number of para-hydroxylation sites is 1. The highest BCUT2D eigenvalue weighted by Crippen LogP contribution is 2.39. The average molecular weight is 339 g/mol. The van der Waals surface area contributed by atoms with E-state index in [9.17, 15) is 9.59 Å². The zero-order valence-electron chi connectivity index (χ0n) is 14.1. The van der Waals surface area contributed by atoms with Gasteiger partial charge in [-0.05, 0) is 24.3 Å². The number of hydrogen-bond acceptors (Lipinski definition) is 5. The molecule has 1 amide bonds. The highest BCUT2D eigenvalue weighted by Gasteiger charge is 2.25. The van der Waals surface area contributed by atoms with Crippen LogP contribution in [-0.2, 0) is 4.79 Å². The summed E-state index contributed by atoms with van der Waals surface area (Å²) in [4.78, 5) is 24.8. The van der Waals surface area contributed by atoms with Gasteiger partial charge >= 0.3 is 0 Å². The first kappa shape index (κ1) is 16.6. The molecule has 128 valence electrons. The van der Waals surface area contributed by atoms with Crippen molar-refractivity contribution in [2.75, 3.05) is 26.6 Å². The number of nitrogens with one attached hydrogen (secondary N) is 1. The van der Waals surface area contributed by atoms with Crippen LogP contribution in [0.15, 0.2) is 42.5 Å². The molecule has 2 aromatic rings. The summed E-state index contributed by atoms with van der Waals surface area (Å²) in [6, 6.07) is 10.3. The van der Waals surface area contributed by atoms with E-state index in [1.807, 2.05) is 12.1 Å². The fourth-order valence-corrected chi connectivity index (χ4v) is 2.72. The maximum atomic E-state index is 12.7. The maximum Gasteiger partial charge on any atom is 0.256 e. The minimum absolute atomic E-state index is 0.304. The molecular formula is C19H17NO5. The molecule has 0 spiro atoms. The Balaban J connectivity index is 2.03. The fraction of sp³-hybridized carbons (Fsp3) is 0.158. The largest absolute Gasteiger partial charge is 0.493 e. The van der Waals surface area contributed by atoms with Gasteiger partial charge in [-0.3, -0.25) is 9.59 Å². The van der Waals surface area contributed by atoms with Gasteiger partial charge in [0, 0.05) is 16.8 Å². The number of carbonyl (C=O) groups excluding carboxylic acids is 2. The molecule has 3 rings (SSSR count). The van der Waals surface area contributed by atoms with Crippen molar-refractivity contribution in [2.24, 2.45) is 0 Å². The molecule has 0 saturated heterocycles. The molecule has 0 atom stereocenters. The fourth-order valence-electron chi connectivity index (χ4n) is 2.72. The van der Waals surface area contributed by atoms with Gasteiger partial charge in [-0.25, -0.2) is 0 Å². The highest BCUT2D eigenvalue weighted by atomic mass is 16.5. The van der Waals surface area contributed by atoms with Gasteiger partial charge < -0.3 is 19.5 Å². The molecule has 2 aromatic carbocycles. The second-order valence-corrected chi connectivity index (χ2v) is 5.34. The normalized spacial score (nSPS) is 14.0. The minimum Gasteiger partial charge on any atom is -0.493 e. The van der Waals surface area contributed by atoms with Gasteiger partial charge in [0.1, 0.15) is 0 Å². The summed E-state index contributed by atoms with van der Waals surface area (Å²) in [5, 5.41) is 2.74. The van der Waals surface area contributed by atoms with E-state index in [-0.39, 0.29) is 11.7 Å². The lowest BCUT2D eigenvalue weighted by molar-refractivity contribution is -0.110. The first-order chi connectivity index (χ1) is 12.1. The van der Waals surface area contributed by atoms with Gasteiger partial charge in [0.25, 0.3) is 5.91 Å². The van der Waals surface area contributed by atoms with Crippen LogP contribution < -0.4 is 19.5 Å². The van der Waals surface area contributed by atoms with Gasteiger partial charge in [0.15, 0.2) is 17.3 Å². The van der Waals surface area contributed by atoms with Gasteiger partial charge in [0.05, 0.1) is 26.9 Å². The molecule has 1 N–H and O–H groups in total. The number of benzene rings is 2. The predicted molar refractivity (Wildman–Crippen MR) is 93.5 cm³/mol. The van der Waals surface area contributed by atoms with E-state index < -0.39 is 0 Å². The Kier molecular flexibility index (Phi) is 4.43. The average Bonchev–Trinajstić information content (AvgIpc) is 2.95. The lowest BCUT2D eigenvalue weighted by atomic mass is 10.0. The third-order valence-electron chi connectivity index (χ3n) is 3.93. The first-order valence-corrected chi connectivity index (χ1v) is 7.55. The van der Waals surface area contributed by atoms with Crippen molar-refractivity contribution in [3.63, 3.8) is 0 Å². The van der Waals surface area contributed by atoms with Crippen molar-refractivity contribution in [3.05, 3.63) is 53.6 Å². The molecule has 6 nitrogen and oxygen atoms in total. The molecular weight excluding hydrogens is 322 g/mol. The van der Waals surface area contributed by atoms with Crippen molar-refractivity contribution >= 4 is 23.0 Å². The molecule has 1 aliphatic rings. The molecule has 0 saturated carbocycles. The number of anilines is 1. The Hall–Kier alpha value is -3.28. The molecule has 0 aliphatic carbocycles. The second-order valence-electron chi connectivity index (χ2n) is 5.34. The monoisotopic (exact) mass is 339 g/mol. The Labute approximate surface area is 145 Å². The summed E-state index contributed by atoms with van der Waals surface area (Å²) in [6.45, 7) is 0. The zero-order valence-corrected chi connectivity index (χ0v) is 14.1. The number of carbonyl (C=O) groups is 2. The molecule has 1 heterocycles. The number of rotatable bonds is 5. The van der Waals surface area contributed by atoms with Crippen molar-refractivity contribution in [3.8, 4) is 17.2 Å². The standard InChI is InChI=1S/C19H17NO5/c1-23-16-8-11(9-17(24-2)18(16)25-3)15(21)10-13-12-6-4-5-7-14(12)20-19(13)22/h4-10H,1-3H3,(H,20,22)/b13-10+. The van der Waals surface area contributed by atoms with E-state index in [2.05, 4.69) is 5.32 Å². The number of hydrogen-bond donors (Lipinski definition) is 1. The summed E-state index contributed by atoms with van der Waals surface area (Å²) in [5.41, 5.74) is 2.05. The van der Waals surface area contributed by atoms with Crippen LogP contribution in [0.4, 0.5) is 5.69 Å². The van der Waals surface area contributed by atoms with Crippen molar-refractivity contribution in [1.82, 2.24) is 0 Å². The van der Waals surface area contributed by atoms with Crippen LogP contribution in [-0.4, -0.2) is 33.0 Å².